The standard InChI is InChI=1S/C14H21BrN4O/c1-2-3-13-17-11(15)9-14(18-13)19-6-4-10(5-7-19)8-12(16)20/h9-10H,2-8H2,1H3,(H2,16,20). The number of piperidine rings is 1. The summed E-state index contributed by atoms with van der Waals surface area (Å²) in [7, 11) is 0. The van der Waals surface area contributed by atoms with Gasteiger partial charge in [0.1, 0.15) is 16.2 Å². The molecular weight excluding hydrogens is 320 g/mol. The van der Waals surface area contributed by atoms with E-state index in [0.717, 1.165) is 55.0 Å². The Morgan fingerprint density at radius 3 is 2.75 bits per heavy atom. The highest BCUT2D eigenvalue weighted by atomic mass is 79.9. The van der Waals surface area contributed by atoms with E-state index in [-0.39, 0.29) is 5.91 Å². The molecule has 1 amide bonds. The number of amides is 1. The molecule has 1 saturated heterocycles. The normalized spacial score (nSPS) is 16.4. The largest absolute Gasteiger partial charge is 0.370 e. The molecule has 2 heterocycles. The molecule has 0 aromatic carbocycles. The zero-order valence-corrected chi connectivity index (χ0v) is 13.4. The topological polar surface area (TPSA) is 72.1 Å². The lowest BCUT2D eigenvalue weighted by Gasteiger charge is -2.32. The van der Waals surface area contributed by atoms with Gasteiger partial charge in [-0.2, -0.15) is 0 Å². The molecule has 0 atom stereocenters. The van der Waals surface area contributed by atoms with E-state index in [9.17, 15) is 4.79 Å². The molecule has 0 radical (unpaired) electrons. The number of anilines is 1. The smallest absolute Gasteiger partial charge is 0.217 e. The van der Waals surface area contributed by atoms with Crippen molar-refractivity contribution in [1.29, 1.82) is 0 Å². The minimum absolute atomic E-state index is 0.196. The van der Waals surface area contributed by atoms with Gasteiger partial charge in [0.05, 0.1) is 0 Å². The van der Waals surface area contributed by atoms with Crippen LogP contribution in [-0.4, -0.2) is 29.0 Å². The predicted octanol–water partition coefficient (Wildman–Crippen LogP) is 2.28. The highest BCUT2D eigenvalue weighted by molar-refractivity contribution is 9.10. The molecule has 1 aliphatic rings. The van der Waals surface area contributed by atoms with E-state index in [0.29, 0.717) is 12.3 Å². The highest BCUT2D eigenvalue weighted by Gasteiger charge is 2.22. The molecular formula is C14H21BrN4O. The van der Waals surface area contributed by atoms with Crippen molar-refractivity contribution in [2.24, 2.45) is 11.7 Å². The Morgan fingerprint density at radius 2 is 2.15 bits per heavy atom. The summed E-state index contributed by atoms with van der Waals surface area (Å²) in [6.45, 7) is 3.97. The van der Waals surface area contributed by atoms with Crippen molar-refractivity contribution in [3.63, 3.8) is 0 Å². The Labute approximate surface area is 128 Å². The van der Waals surface area contributed by atoms with E-state index >= 15 is 0 Å². The van der Waals surface area contributed by atoms with Crippen LogP contribution in [0.5, 0.6) is 0 Å². The maximum absolute atomic E-state index is 11.0. The van der Waals surface area contributed by atoms with Crippen molar-refractivity contribution in [2.45, 2.75) is 39.0 Å². The third-order valence-corrected chi connectivity index (χ3v) is 4.04. The fourth-order valence-electron chi connectivity index (χ4n) is 2.60. The maximum atomic E-state index is 11.0. The number of nitrogens with zero attached hydrogens (tertiary/aromatic N) is 3. The van der Waals surface area contributed by atoms with Crippen LogP contribution in [0.4, 0.5) is 5.82 Å². The lowest BCUT2D eigenvalue weighted by molar-refractivity contribution is -0.119. The van der Waals surface area contributed by atoms with Crippen molar-refractivity contribution < 1.29 is 4.79 Å². The van der Waals surface area contributed by atoms with Gasteiger partial charge in [-0.1, -0.05) is 6.92 Å². The molecule has 0 saturated carbocycles. The monoisotopic (exact) mass is 340 g/mol. The van der Waals surface area contributed by atoms with E-state index in [1.165, 1.54) is 0 Å². The number of halogens is 1. The minimum atomic E-state index is -0.196. The molecule has 5 nitrogen and oxygen atoms in total. The lowest BCUT2D eigenvalue weighted by Crippen LogP contribution is -2.35. The number of hydrogen-bond acceptors (Lipinski definition) is 4. The molecule has 20 heavy (non-hydrogen) atoms. The molecule has 0 spiro atoms. The summed E-state index contributed by atoms with van der Waals surface area (Å²) >= 11 is 3.46. The van der Waals surface area contributed by atoms with Crippen molar-refractivity contribution in [3.8, 4) is 0 Å². The zero-order chi connectivity index (χ0) is 14.5. The molecule has 6 heteroatoms. The third-order valence-electron chi connectivity index (χ3n) is 3.63. The van der Waals surface area contributed by atoms with E-state index < -0.39 is 0 Å². The zero-order valence-electron chi connectivity index (χ0n) is 11.8. The summed E-state index contributed by atoms with van der Waals surface area (Å²) in [5.41, 5.74) is 5.26. The number of nitrogens with two attached hydrogens (primary N) is 1. The number of primary amides is 1. The van der Waals surface area contributed by atoms with Crippen LogP contribution in [0.2, 0.25) is 0 Å². The van der Waals surface area contributed by atoms with Gasteiger partial charge in [0.15, 0.2) is 0 Å². The summed E-state index contributed by atoms with van der Waals surface area (Å²) < 4.78 is 0.838. The highest BCUT2D eigenvalue weighted by Crippen LogP contribution is 2.25. The first kappa shape index (κ1) is 15.2. The lowest BCUT2D eigenvalue weighted by atomic mass is 9.93. The van der Waals surface area contributed by atoms with Gasteiger partial charge in [0, 0.05) is 32.0 Å². The van der Waals surface area contributed by atoms with Crippen molar-refractivity contribution >= 4 is 27.7 Å². The number of aromatic nitrogens is 2. The minimum Gasteiger partial charge on any atom is -0.370 e. The van der Waals surface area contributed by atoms with Crippen molar-refractivity contribution in [3.05, 3.63) is 16.5 Å². The molecule has 0 unspecified atom stereocenters. The van der Waals surface area contributed by atoms with Gasteiger partial charge in [0.2, 0.25) is 5.91 Å². The second kappa shape index (κ2) is 7.02. The van der Waals surface area contributed by atoms with Gasteiger partial charge in [-0.25, -0.2) is 9.97 Å². The van der Waals surface area contributed by atoms with E-state index in [1.54, 1.807) is 0 Å². The Hall–Kier alpha value is -1.17. The SMILES string of the molecule is CCCc1nc(Br)cc(N2CCC(CC(N)=O)CC2)n1. The molecule has 0 bridgehead atoms. The molecule has 1 aromatic heterocycles. The van der Waals surface area contributed by atoms with Crippen LogP contribution in [-0.2, 0) is 11.2 Å². The molecule has 0 aliphatic carbocycles. The van der Waals surface area contributed by atoms with Gasteiger partial charge in [-0.15, -0.1) is 0 Å². The maximum Gasteiger partial charge on any atom is 0.217 e. The first-order valence-corrected chi connectivity index (χ1v) is 7.94. The van der Waals surface area contributed by atoms with Crippen LogP contribution in [0.1, 0.15) is 38.4 Å². The Balaban J connectivity index is 2.01. The third kappa shape index (κ3) is 4.16. The molecule has 110 valence electrons. The first-order valence-electron chi connectivity index (χ1n) is 7.15. The van der Waals surface area contributed by atoms with Gasteiger partial charge in [-0.05, 0) is 41.1 Å². The van der Waals surface area contributed by atoms with Gasteiger partial charge >= 0.3 is 0 Å². The molecule has 2 rings (SSSR count). The van der Waals surface area contributed by atoms with E-state index in [2.05, 4.69) is 37.7 Å². The number of aryl methyl sites for hydroxylation is 1. The second-order valence-electron chi connectivity index (χ2n) is 5.32. The van der Waals surface area contributed by atoms with Crippen molar-refractivity contribution in [2.75, 3.05) is 18.0 Å². The second-order valence-corrected chi connectivity index (χ2v) is 6.13. The summed E-state index contributed by atoms with van der Waals surface area (Å²) in [6, 6.07) is 1.97. The van der Waals surface area contributed by atoms with Crippen LogP contribution in [0, 0.1) is 5.92 Å². The quantitative estimate of drug-likeness (QED) is 0.834. The first-order chi connectivity index (χ1) is 9.58. The predicted molar refractivity (Wildman–Crippen MR) is 82.5 cm³/mol. The number of hydrogen-bond donors (Lipinski definition) is 1. The Bertz CT molecular complexity index is 472. The van der Waals surface area contributed by atoms with Gasteiger partial charge in [0.25, 0.3) is 0 Å². The summed E-state index contributed by atoms with van der Waals surface area (Å²) in [5.74, 6) is 2.09. The van der Waals surface area contributed by atoms with Crippen molar-refractivity contribution in [1.82, 2.24) is 9.97 Å². The average molecular weight is 341 g/mol. The van der Waals surface area contributed by atoms with Gasteiger partial charge < -0.3 is 10.6 Å². The van der Waals surface area contributed by atoms with Crippen LogP contribution >= 0.6 is 15.9 Å². The number of rotatable bonds is 5. The van der Waals surface area contributed by atoms with Crippen LogP contribution < -0.4 is 10.6 Å². The van der Waals surface area contributed by atoms with E-state index in [4.69, 9.17) is 5.73 Å². The molecule has 1 aliphatic heterocycles. The Morgan fingerprint density at radius 1 is 1.45 bits per heavy atom. The average Bonchev–Trinajstić information content (AvgIpc) is 2.38. The molecule has 2 N–H and O–H groups in total. The van der Waals surface area contributed by atoms with Crippen LogP contribution in [0.25, 0.3) is 0 Å². The van der Waals surface area contributed by atoms with E-state index in [1.807, 2.05) is 6.07 Å². The molecule has 1 fully saturated rings. The molecule has 1 aromatic rings. The fourth-order valence-corrected chi connectivity index (χ4v) is 3.01. The number of carbonyl (C=O) groups is 1. The number of carbonyl (C=O) groups excluding carboxylic acids is 1. The summed E-state index contributed by atoms with van der Waals surface area (Å²) in [4.78, 5) is 22.2. The summed E-state index contributed by atoms with van der Waals surface area (Å²) in [5, 5.41) is 0. The van der Waals surface area contributed by atoms with Crippen LogP contribution in [0.15, 0.2) is 10.7 Å². The Kier molecular flexibility index (Phi) is 5.34. The summed E-state index contributed by atoms with van der Waals surface area (Å²) in [6.07, 6.45) is 4.42. The fraction of sp³-hybridized carbons (Fsp3) is 0.643. The van der Waals surface area contributed by atoms with Gasteiger partial charge in [-0.3, -0.25) is 4.79 Å². The van der Waals surface area contributed by atoms with Crippen LogP contribution in [0.3, 0.4) is 0 Å².